The number of ether oxygens (including phenoxy) is 1. The van der Waals surface area contributed by atoms with Crippen LogP contribution in [0.1, 0.15) is 26.3 Å². The van der Waals surface area contributed by atoms with Crippen molar-refractivity contribution in [2.45, 2.75) is 11.8 Å². The summed E-state index contributed by atoms with van der Waals surface area (Å²) in [5.74, 6) is -1.39. The van der Waals surface area contributed by atoms with E-state index in [0.717, 1.165) is 14.8 Å². The normalized spacial score (nSPS) is 13.1. The van der Waals surface area contributed by atoms with Gasteiger partial charge >= 0.3 is 6.01 Å². The molecule has 1 aliphatic heterocycles. The van der Waals surface area contributed by atoms with E-state index in [1.807, 2.05) is 6.92 Å². The fourth-order valence-electron chi connectivity index (χ4n) is 3.32. The molecule has 2 amide bonds. The van der Waals surface area contributed by atoms with E-state index in [2.05, 4.69) is 15.0 Å². The maximum absolute atomic E-state index is 13.7. The third-order valence-corrected chi connectivity index (χ3v) is 6.88. The number of aryl methyl sites for hydroxylation is 1. The smallest absolute Gasteiger partial charge is 0.322 e. The van der Waals surface area contributed by atoms with Crippen LogP contribution in [0.5, 0.6) is 6.01 Å². The highest BCUT2D eigenvalue weighted by molar-refractivity contribution is 7.92. The monoisotopic (exact) mass is 482 g/mol. The Kier molecular flexibility index (Phi) is 5.92. The van der Waals surface area contributed by atoms with E-state index in [1.165, 1.54) is 31.4 Å². The zero-order chi connectivity index (χ0) is 24.6. The molecule has 0 N–H and O–H groups in total. The summed E-state index contributed by atoms with van der Waals surface area (Å²) in [4.78, 5) is 40.8. The lowest BCUT2D eigenvalue weighted by atomic mass is 10.1. The summed E-state index contributed by atoms with van der Waals surface area (Å²) in [5.41, 5.74) is 1.26. The van der Waals surface area contributed by atoms with Gasteiger partial charge in [-0.15, -0.1) is 0 Å². The molecule has 0 saturated carbocycles. The number of nitrogens with zero attached hydrogens (tertiary/aromatic N) is 6. The van der Waals surface area contributed by atoms with Gasteiger partial charge < -0.3 is 9.64 Å². The molecule has 1 aliphatic rings. The highest BCUT2D eigenvalue weighted by Crippen LogP contribution is 2.28. The van der Waals surface area contributed by atoms with Gasteiger partial charge in [-0.05, 0) is 31.2 Å². The summed E-state index contributed by atoms with van der Waals surface area (Å²) >= 11 is 0. The van der Waals surface area contributed by atoms with Crippen LogP contribution in [0.15, 0.2) is 53.4 Å². The minimum atomic E-state index is -4.30. The second-order valence-electron chi connectivity index (χ2n) is 7.71. The molecule has 1 aromatic heterocycles. The van der Waals surface area contributed by atoms with Crippen molar-refractivity contribution in [3.05, 3.63) is 65.2 Å². The lowest BCUT2D eigenvalue weighted by molar-refractivity contribution is 0.0660. The number of anilines is 2. The SMILES string of the molecule is COc1nc(N(C)C)nc(N(CN2C(=O)c3ccccc3C2=O)S(=O)(=O)c2ccc(C)cc2)n1. The largest absolute Gasteiger partial charge is 0.467 e. The number of imide groups is 1. The van der Waals surface area contributed by atoms with Gasteiger partial charge in [0, 0.05) is 14.1 Å². The molecule has 0 radical (unpaired) electrons. The number of aromatic nitrogens is 3. The van der Waals surface area contributed by atoms with Crippen LogP contribution in [-0.4, -0.2) is 68.0 Å². The van der Waals surface area contributed by atoms with E-state index in [1.54, 1.807) is 43.3 Å². The second kappa shape index (κ2) is 8.71. The highest BCUT2D eigenvalue weighted by Gasteiger charge is 2.40. The molecule has 3 aromatic rings. The van der Waals surface area contributed by atoms with Crippen LogP contribution in [0, 0.1) is 6.92 Å². The molecule has 0 saturated heterocycles. The zero-order valence-electron chi connectivity index (χ0n) is 19.0. The maximum Gasteiger partial charge on any atom is 0.322 e. The maximum atomic E-state index is 13.7. The third-order valence-electron chi connectivity index (χ3n) is 5.15. The number of carbonyl (C=O) groups is 2. The fraction of sp³-hybridized carbons (Fsp3) is 0.227. The molecule has 11 nitrogen and oxygen atoms in total. The third kappa shape index (κ3) is 4.03. The van der Waals surface area contributed by atoms with E-state index in [9.17, 15) is 18.0 Å². The summed E-state index contributed by atoms with van der Waals surface area (Å²) in [6.07, 6.45) is 0. The first-order chi connectivity index (χ1) is 16.1. The van der Waals surface area contributed by atoms with E-state index >= 15 is 0 Å². The molecule has 0 unspecified atom stereocenters. The second-order valence-corrected chi connectivity index (χ2v) is 9.57. The van der Waals surface area contributed by atoms with Crippen LogP contribution >= 0.6 is 0 Å². The van der Waals surface area contributed by atoms with Crippen molar-refractivity contribution < 1.29 is 22.7 Å². The quantitative estimate of drug-likeness (QED) is 0.463. The molecule has 12 heteroatoms. The van der Waals surface area contributed by atoms with E-state index in [0.29, 0.717) is 0 Å². The van der Waals surface area contributed by atoms with Crippen molar-refractivity contribution in [1.82, 2.24) is 19.9 Å². The molecule has 4 rings (SSSR count). The zero-order valence-corrected chi connectivity index (χ0v) is 19.8. The number of amides is 2. The number of sulfonamides is 1. The molecule has 2 aromatic carbocycles. The number of benzene rings is 2. The predicted molar refractivity (Wildman–Crippen MR) is 123 cm³/mol. The first-order valence-electron chi connectivity index (χ1n) is 10.2. The van der Waals surface area contributed by atoms with E-state index in [-0.39, 0.29) is 33.9 Å². The van der Waals surface area contributed by atoms with Crippen LogP contribution in [-0.2, 0) is 10.0 Å². The van der Waals surface area contributed by atoms with Crippen molar-refractivity contribution >= 4 is 33.7 Å². The molecular weight excluding hydrogens is 460 g/mol. The van der Waals surface area contributed by atoms with Crippen molar-refractivity contribution in [3.8, 4) is 6.01 Å². The van der Waals surface area contributed by atoms with Crippen molar-refractivity contribution in [2.24, 2.45) is 0 Å². The Hall–Kier alpha value is -4.06. The molecule has 0 atom stereocenters. The molecule has 2 heterocycles. The molecule has 0 aliphatic carbocycles. The van der Waals surface area contributed by atoms with Crippen LogP contribution in [0.2, 0.25) is 0 Å². The lowest BCUT2D eigenvalue weighted by Crippen LogP contribution is -2.45. The Labute approximate surface area is 196 Å². The van der Waals surface area contributed by atoms with Crippen molar-refractivity contribution in [2.75, 3.05) is 37.1 Å². The van der Waals surface area contributed by atoms with Crippen LogP contribution < -0.4 is 13.9 Å². The number of methoxy groups -OCH3 is 1. The number of hydrogen-bond donors (Lipinski definition) is 0. The Bertz CT molecular complexity index is 1340. The summed E-state index contributed by atoms with van der Waals surface area (Å²) in [6, 6.07) is 12.3. The molecule has 34 heavy (non-hydrogen) atoms. The Morgan fingerprint density at radius 3 is 1.97 bits per heavy atom. The fourth-order valence-corrected chi connectivity index (χ4v) is 4.62. The number of rotatable bonds is 7. The first kappa shape index (κ1) is 23.1. The van der Waals surface area contributed by atoms with Gasteiger partial charge in [0.2, 0.25) is 11.9 Å². The summed E-state index contributed by atoms with van der Waals surface area (Å²) in [5, 5.41) is 0. The highest BCUT2D eigenvalue weighted by atomic mass is 32.2. The molecular formula is C22H22N6O5S. The van der Waals surface area contributed by atoms with Gasteiger partial charge in [-0.1, -0.05) is 29.8 Å². The average molecular weight is 483 g/mol. The average Bonchev–Trinajstić information content (AvgIpc) is 3.07. The van der Waals surface area contributed by atoms with Gasteiger partial charge in [0.15, 0.2) is 0 Å². The molecule has 0 fully saturated rings. The number of hydrogen-bond acceptors (Lipinski definition) is 9. The number of fused-ring (bicyclic) bond motifs is 1. The van der Waals surface area contributed by atoms with E-state index < -0.39 is 28.5 Å². The summed E-state index contributed by atoms with van der Waals surface area (Å²) < 4.78 is 33.4. The Balaban J connectivity index is 1.85. The van der Waals surface area contributed by atoms with Crippen LogP contribution in [0.3, 0.4) is 0 Å². The molecule has 0 spiro atoms. The van der Waals surface area contributed by atoms with Crippen molar-refractivity contribution in [3.63, 3.8) is 0 Å². The Morgan fingerprint density at radius 2 is 1.44 bits per heavy atom. The summed E-state index contributed by atoms with van der Waals surface area (Å²) in [6.45, 7) is 1.19. The first-order valence-corrected chi connectivity index (χ1v) is 11.6. The minimum Gasteiger partial charge on any atom is -0.467 e. The standard InChI is InChI=1S/C22H22N6O5S/c1-14-9-11-15(12-10-14)34(31,32)28(21-23-20(26(2)3)24-22(25-21)33-4)13-27-18(29)16-7-5-6-8-17(16)19(27)30/h5-12H,13H2,1-4H3. The minimum absolute atomic E-state index is 0.0551. The summed E-state index contributed by atoms with van der Waals surface area (Å²) in [7, 11) is 0.372. The van der Waals surface area contributed by atoms with Gasteiger partial charge in [-0.2, -0.15) is 15.0 Å². The Morgan fingerprint density at radius 1 is 0.882 bits per heavy atom. The van der Waals surface area contributed by atoms with Gasteiger partial charge in [0.1, 0.15) is 6.67 Å². The lowest BCUT2D eigenvalue weighted by Gasteiger charge is -2.27. The van der Waals surface area contributed by atoms with Gasteiger partial charge in [-0.25, -0.2) is 12.7 Å². The molecule has 176 valence electrons. The topological polar surface area (TPSA) is 126 Å². The predicted octanol–water partition coefficient (Wildman–Crippen LogP) is 1.70. The van der Waals surface area contributed by atoms with Crippen LogP contribution in [0.4, 0.5) is 11.9 Å². The van der Waals surface area contributed by atoms with Crippen LogP contribution in [0.25, 0.3) is 0 Å². The van der Waals surface area contributed by atoms with E-state index in [4.69, 9.17) is 4.74 Å². The number of carbonyl (C=O) groups excluding carboxylic acids is 2. The van der Waals surface area contributed by atoms with Gasteiger partial charge in [0.05, 0.1) is 23.1 Å². The molecule has 0 bridgehead atoms. The van der Waals surface area contributed by atoms with Crippen molar-refractivity contribution in [1.29, 1.82) is 0 Å². The van der Waals surface area contributed by atoms with Gasteiger partial charge in [-0.3, -0.25) is 14.5 Å². The van der Waals surface area contributed by atoms with Gasteiger partial charge in [0.25, 0.3) is 21.8 Å².